The molecule has 0 bridgehead atoms. The Labute approximate surface area is 354 Å². The zero-order chi connectivity index (χ0) is 41.4. The van der Waals surface area contributed by atoms with Crippen LogP contribution in [0.25, 0.3) is 83.5 Å². The Morgan fingerprint density at radius 2 is 0.900 bits per heavy atom. The Balaban J connectivity index is 0.000000263. The van der Waals surface area contributed by atoms with Crippen molar-refractivity contribution in [1.82, 2.24) is 14.5 Å². The van der Waals surface area contributed by atoms with E-state index in [-0.39, 0.29) is 0 Å². The van der Waals surface area contributed by atoms with Crippen molar-refractivity contribution < 1.29 is 0 Å². The van der Waals surface area contributed by atoms with Gasteiger partial charge in [0.05, 0.1) is 33.8 Å². The Morgan fingerprint density at radius 1 is 0.367 bits per heavy atom. The van der Waals surface area contributed by atoms with Gasteiger partial charge < -0.3 is 4.57 Å². The van der Waals surface area contributed by atoms with Crippen LogP contribution in [-0.2, 0) is 0 Å². The SMILES string of the molecule is CC.Cc1ccc(-n2c3ccccc3c3ccccc32)c(-c2ccc(-c3cc(-c4ccccc4)cc(-c4ccccn4)n3)cc2)c1.Cc1ccccc1-c1ccccc1C. The number of hydrogen-bond donors (Lipinski definition) is 0. The minimum Gasteiger partial charge on any atom is -0.309 e. The highest BCUT2D eigenvalue weighted by atomic mass is 15.0. The molecule has 10 aromatic rings. The van der Waals surface area contributed by atoms with Crippen LogP contribution in [0.2, 0.25) is 0 Å². The molecule has 292 valence electrons. The van der Waals surface area contributed by atoms with Gasteiger partial charge in [-0.2, -0.15) is 0 Å². The molecule has 0 aliphatic rings. The van der Waals surface area contributed by atoms with Crippen LogP contribution < -0.4 is 0 Å². The van der Waals surface area contributed by atoms with Gasteiger partial charge in [-0.05, 0) is 108 Å². The lowest BCUT2D eigenvalue weighted by molar-refractivity contribution is 1.18. The maximum Gasteiger partial charge on any atom is 0.0899 e. The molecule has 0 atom stereocenters. The number of fused-ring (bicyclic) bond motifs is 3. The van der Waals surface area contributed by atoms with Crippen LogP contribution >= 0.6 is 0 Å². The van der Waals surface area contributed by atoms with E-state index in [1.165, 1.54) is 66.4 Å². The lowest BCUT2D eigenvalue weighted by Crippen LogP contribution is -1.98. The van der Waals surface area contributed by atoms with Crippen molar-refractivity contribution in [2.24, 2.45) is 0 Å². The third-order valence-electron chi connectivity index (χ3n) is 10.9. The zero-order valence-corrected chi connectivity index (χ0v) is 35.0. The van der Waals surface area contributed by atoms with Gasteiger partial charge in [-0.15, -0.1) is 0 Å². The first-order chi connectivity index (χ1) is 29.5. The van der Waals surface area contributed by atoms with Gasteiger partial charge in [-0.25, -0.2) is 4.98 Å². The Hall–Kier alpha value is -7.36. The fraction of sp³-hybridized carbons (Fsp3) is 0.0877. The molecule has 10 rings (SSSR count). The van der Waals surface area contributed by atoms with Gasteiger partial charge in [0.2, 0.25) is 0 Å². The third-order valence-corrected chi connectivity index (χ3v) is 10.9. The van der Waals surface area contributed by atoms with Gasteiger partial charge in [-0.1, -0.05) is 171 Å². The molecular formula is C57H49N3. The van der Waals surface area contributed by atoms with Crippen molar-refractivity contribution in [2.75, 3.05) is 0 Å². The predicted octanol–water partition coefficient (Wildman–Crippen LogP) is 15.5. The van der Waals surface area contributed by atoms with Crippen molar-refractivity contribution in [3.8, 4) is 61.7 Å². The van der Waals surface area contributed by atoms with Crippen LogP contribution in [0, 0.1) is 20.8 Å². The fourth-order valence-electron chi connectivity index (χ4n) is 7.95. The lowest BCUT2D eigenvalue weighted by atomic mass is 9.97. The molecule has 0 aliphatic heterocycles. The number of hydrogen-bond acceptors (Lipinski definition) is 2. The summed E-state index contributed by atoms with van der Waals surface area (Å²) in [6, 6.07) is 70.6. The summed E-state index contributed by atoms with van der Waals surface area (Å²) in [5.74, 6) is 0. The van der Waals surface area contributed by atoms with Crippen LogP contribution in [-0.4, -0.2) is 14.5 Å². The zero-order valence-electron chi connectivity index (χ0n) is 35.0. The summed E-state index contributed by atoms with van der Waals surface area (Å²) in [6.07, 6.45) is 1.82. The smallest absolute Gasteiger partial charge is 0.0899 e. The van der Waals surface area contributed by atoms with E-state index in [2.05, 4.69) is 206 Å². The van der Waals surface area contributed by atoms with E-state index >= 15 is 0 Å². The average Bonchev–Trinajstić information content (AvgIpc) is 3.65. The molecule has 7 aromatic carbocycles. The molecule has 3 heterocycles. The molecule has 3 aromatic heterocycles. The lowest BCUT2D eigenvalue weighted by Gasteiger charge is -2.16. The van der Waals surface area contributed by atoms with Gasteiger partial charge in [0, 0.05) is 28.1 Å². The minimum absolute atomic E-state index is 0.860. The van der Waals surface area contributed by atoms with Crippen LogP contribution in [0.15, 0.2) is 206 Å². The molecule has 0 N–H and O–H groups in total. The van der Waals surface area contributed by atoms with Crippen molar-refractivity contribution in [3.05, 3.63) is 223 Å². The summed E-state index contributed by atoms with van der Waals surface area (Å²) >= 11 is 0. The molecule has 0 fully saturated rings. The summed E-state index contributed by atoms with van der Waals surface area (Å²) in [6.45, 7) is 10.5. The van der Waals surface area contributed by atoms with E-state index in [0.29, 0.717) is 0 Å². The monoisotopic (exact) mass is 775 g/mol. The van der Waals surface area contributed by atoms with Crippen LogP contribution in [0.3, 0.4) is 0 Å². The minimum atomic E-state index is 0.860. The first-order valence-corrected chi connectivity index (χ1v) is 20.8. The predicted molar refractivity (Wildman–Crippen MR) is 256 cm³/mol. The topological polar surface area (TPSA) is 30.7 Å². The molecule has 3 nitrogen and oxygen atoms in total. The average molecular weight is 776 g/mol. The summed E-state index contributed by atoms with van der Waals surface area (Å²) in [5.41, 5.74) is 18.5. The Bertz CT molecular complexity index is 2860. The summed E-state index contributed by atoms with van der Waals surface area (Å²) in [4.78, 5) is 9.67. The number of pyridine rings is 2. The molecule has 0 amide bonds. The number of nitrogens with zero attached hydrogens (tertiary/aromatic N) is 3. The molecule has 60 heavy (non-hydrogen) atoms. The maximum absolute atomic E-state index is 5.08. The van der Waals surface area contributed by atoms with E-state index in [1.807, 2.05) is 44.3 Å². The largest absolute Gasteiger partial charge is 0.309 e. The fourth-order valence-corrected chi connectivity index (χ4v) is 7.95. The van der Waals surface area contributed by atoms with E-state index in [4.69, 9.17) is 4.98 Å². The summed E-state index contributed by atoms with van der Waals surface area (Å²) < 4.78 is 2.40. The molecular weight excluding hydrogens is 727 g/mol. The molecule has 3 heteroatoms. The van der Waals surface area contributed by atoms with Gasteiger partial charge >= 0.3 is 0 Å². The van der Waals surface area contributed by atoms with Crippen LogP contribution in [0.5, 0.6) is 0 Å². The second kappa shape index (κ2) is 18.1. The molecule has 0 saturated carbocycles. The molecule has 0 unspecified atom stereocenters. The Morgan fingerprint density at radius 3 is 1.50 bits per heavy atom. The van der Waals surface area contributed by atoms with E-state index in [0.717, 1.165) is 33.8 Å². The normalized spacial score (nSPS) is 10.8. The van der Waals surface area contributed by atoms with E-state index in [9.17, 15) is 0 Å². The molecule has 0 spiro atoms. The quantitative estimate of drug-likeness (QED) is 0.168. The Kier molecular flexibility index (Phi) is 11.9. The number of para-hydroxylation sites is 2. The number of aromatic nitrogens is 3. The van der Waals surface area contributed by atoms with E-state index < -0.39 is 0 Å². The number of rotatable bonds is 6. The second-order valence-corrected chi connectivity index (χ2v) is 14.8. The van der Waals surface area contributed by atoms with E-state index in [1.54, 1.807) is 0 Å². The van der Waals surface area contributed by atoms with Gasteiger partial charge in [0.15, 0.2) is 0 Å². The third kappa shape index (κ3) is 8.16. The van der Waals surface area contributed by atoms with Crippen LogP contribution in [0.1, 0.15) is 30.5 Å². The second-order valence-electron chi connectivity index (χ2n) is 14.8. The van der Waals surface area contributed by atoms with Gasteiger partial charge in [-0.3, -0.25) is 4.98 Å². The highest BCUT2D eigenvalue weighted by molar-refractivity contribution is 6.09. The molecule has 0 saturated heterocycles. The first-order valence-electron chi connectivity index (χ1n) is 20.8. The van der Waals surface area contributed by atoms with Crippen molar-refractivity contribution in [1.29, 1.82) is 0 Å². The van der Waals surface area contributed by atoms with Crippen molar-refractivity contribution >= 4 is 21.8 Å². The highest BCUT2D eigenvalue weighted by Crippen LogP contribution is 2.38. The molecule has 0 radical (unpaired) electrons. The summed E-state index contributed by atoms with van der Waals surface area (Å²) in [7, 11) is 0. The highest BCUT2D eigenvalue weighted by Gasteiger charge is 2.16. The first kappa shape index (κ1) is 39.5. The van der Waals surface area contributed by atoms with Gasteiger partial charge in [0.1, 0.15) is 0 Å². The maximum atomic E-state index is 5.08. The van der Waals surface area contributed by atoms with Crippen molar-refractivity contribution in [2.45, 2.75) is 34.6 Å². The standard InChI is InChI=1S/C41H29N3.C14H14.C2H6/c1-28-18-23-41(44-39-16-7-5-13-33(39)34-14-6-8-17-40(34)44)35(25-28)30-19-21-31(22-20-30)37-26-32(29-11-3-2-4-12-29)27-38(43-37)36-15-9-10-24-42-36;1-11-7-3-5-9-13(11)14-10-6-4-8-12(14)2;1-2/h2-27H,1H3;3-10H,1-2H3;1-2H3. The van der Waals surface area contributed by atoms with Crippen LogP contribution in [0.4, 0.5) is 0 Å². The number of aryl methyl sites for hydroxylation is 3. The number of benzene rings is 7. The van der Waals surface area contributed by atoms with Gasteiger partial charge in [0.25, 0.3) is 0 Å². The summed E-state index contributed by atoms with van der Waals surface area (Å²) in [5, 5.41) is 2.52. The molecule has 0 aliphatic carbocycles. The van der Waals surface area contributed by atoms with Crippen molar-refractivity contribution in [3.63, 3.8) is 0 Å².